The van der Waals surface area contributed by atoms with Crippen molar-refractivity contribution in [2.24, 2.45) is 5.92 Å². The monoisotopic (exact) mass is 885 g/mol. The molecule has 9 rings (SSSR count). The number of aryl methyl sites for hydroxylation is 1. The van der Waals surface area contributed by atoms with E-state index in [9.17, 15) is 9.59 Å². The molecule has 1 saturated carbocycles. The van der Waals surface area contributed by atoms with E-state index >= 15 is 0 Å². The van der Waals surface area contributed by atoms with Gasteiger partial charge in [-0.2, -0.15) is 23.2 Å². The quantitative estimate of drug-likeness (QED) is 0.131. The first-order valence-corrected chi connectivity index (χ1v) is 22.3. The van der Waals surface area contributed by atoms with Crippen LogP contribution in [0.5, 0.6) is 11.6 Å². The van der Waals surface area contributed by atoms with Crippen LogP contribution >= 0.6 is 11.6 Å². The zero-order valence-electron chi connectivity index (χ0n) is 37.3. The van der Waals surface area contributed by atoms with Gasteiger partial charge in [0.15, 0.2) is 17.9 Å². The fraction of sp³-hybridized carbons (Fsp3) is 0.511. The smallest absolute Gasteiger partial charge is 0.491 e. The molecule has 0 N–H and O–H groups in total. The van der Waals surface area contributed by atoms with E-state index in [1.165, 1.54) is 16.8 Å². The molecule has 4 aromatic rings. The zero-order chi connectivity index (χ0) is 42.3. The van der Waals surface area contributed by atoms with Gasteiger partial charge in [0, 0.05) is 82.5 Å². The first kappa shape index (κ1) is 48.2. The van der Waals surface area contributed by atoms with Crippen molar-refractivity contribution < 1.29 is 48.6 Å². The topological polar surface area (TPSA) is 146 Å². The number of carbonyl (C=O) groups is 2. The number of carbonyl (C=O) groups excluding carboxylic acids is 2. The molecule has 1 aromatic carbocycles. The Hall–Kier alpha value is -4.26. The average Bonchev–Trinajstić information content (AvgIpc) is 3.68. The fourth-order valence-corrected chi connectivity index (χ4v) is 9.71. The van der Waals surface area contributed by atoms with Gasteiger partial charge in [0.05, 0.1) is 48.3 Å². The van der Waals surface area contributed by atoms with Crippen molar-refractivity contribution in [1.82, 2.24) is 34.8 Å². The summed E-state index contributed by atoms with van der Waals surface area (Å²) in [6.07, 6.45) is 16.9. The number of nitriles is 1. The number of aromatic nitrogens is 5. The van der Waals surface area contributed by atoms with Gasteiger partial charge in [-0.1, -0.05) is 11.6 Å². The first-order valence-electron chi connectivity index (χ1n) is 21.9. The molecule has 5 aliphatic rings. The number of hydrogen-bond acceptors (Lipinski definition) is 12. The zero-order valence-corrected chi connectivity index (χ0v) is 40.1. The Bertz CT molecular complexity index is 2190. The second kappa shape index (κ2) is 22.6. The molecule has 14 nitrogen and oxygen atoms in total. The Morgan fingerprint density at radius 3 is 2.43 bits per heavy atom. The van der Waals surface area contributed by atoms with Crippen LogP contribution in [0.4, 0.5) is 17.3 Å². The summed E-state index contributed by atoms with van der Waals surface area (Å²) in [6.45, 7) is 9.13. The van der Waals surface area contributed by atoms with Crippen LogP contribution in [0.15, 0.2) is 42.6 Å². The molecule has 16 heteroatoms. The predicted octanol–water partition coefficient (Wildman–Crippen LogP) is 4.62. The summed E-state index contributed by atoms with van der Waals surface area (Å²) in [5, 5.41) is 22.8. The number of pyridine rings is 1. The van der Waals surface area contributed by atoms with Crippen LogP contribution in [0.2, 0.25) is 5.02 Å². The van der Waals surface area contributed by atoms with E-state index in [1.54, 1.807) is 32.2 Å². The van der Waals surface area contributed by atoms with Gasteiger partial charge in [0.2, 0.25) is 11.8 Å². The largest absolute Gasteiger partial charge is 1.00 e. The summed E-state index contributed by atoms with van der Waals surface area (Å²) in [6, 6.07) is 13.3. The third-order valence-electron chi connectivity index (χ3n) is 12.9. The summed E-state index contributed by atoms with van der Waals surface area (Å²) in [4.78, 5) is 37.1. The number of benzene rings is 1. The number of ether oxygens (including phenoxy) is 2. The molecule has 0 unspecified atom stereocenters. The molecule has 0 bridgehead atoms. The number of halogens is 1. The number of hydrogen-bond donors (Lipinski definition) is 0. The molecule has 330 valence electrons. The van der Waals surface area contributed by atoms with Crippen molar-refractivity contribution in [3.8, 4) is 17.7 Å². The van der Waals surface area contributed by atoms with Crippen LogP contribution in [-0.2, 0) is 24.2 Å². The molecule has 3 aromatic heterocycles. The van der Waals surface area contributed by atoms with Crippen molar-refractivity contribution in [3.05, 3.63) is 89.5 Å². The van der Waals surface area contributed by atoms with Crippen LogP contribution in [-0.4, -0.2) is 106 Å². The number of aldehydes is 1. The first-order chi connectivity index (χ1) is 29.8. The minimum atomic E-state index is 0. The minimum Gasteiger partial charge on any atom is -0.491 e. The Kier molecular flexibility index (Phi) is 17.3. The van der Waals surface area contributed by atoms with Gasteiger partial charge in [-0.3, -0.25) is 14.3 Å². The number of likely N-dealkylation sites (tertiary alicyclic amines) is 1. The average molecular weight is 886 g/mol. The van der Waals surface area contributed by atoms with Gasteiger partial charge in [-0.05, 0) is 87.1 Å². The van der Waals surface area contributed by atoms with Gasteiger partial charge in [0.25, 0.3) is 0 Å². The van der Waals surface area contributed by atoms with Crippen LogP contribution in [0.1, 0.15) is 104 Å². The van der Waals surface area contributed by atoms with Crippen molar-refractivity contribution in [2.45, 2.75) is 96.2 Å². The van der Waals surface area contributed by atoms with E-state index in [0.717, 1.165) is 146 Å². The summed E-state index contributed by atoms with van der Waals surface area (Å²) in [5.41, 5.74) is 5.69. The summed E-state index contributed by atoms with van der Waals surface area (Å²) in [5.74, 6) is 4.04. The Morgan fingerprint density at radius 2 is 1.76 bits per heavy atom. The normalized spacial score (nSPS) is 18.3. The molecular weight excluding hydrogens is 827 g/mol. The van der Waals surface area contributed by atoms with E-state index in [4.69, 9.17) is 31.4 Å². The molecule has 0 spiro atoms. The maximum Gasteiger partial charge on any atom is 1.00 e. The third-order valence-corrected chi connectivity index (χ3v) is 13.2. The Labute approximate surface area is 399 Å². The van der Waals surface area contributed by atoms with Crippen molar-refractivity contribution in [2.75, 3.05) is 62.7 Å². The number of amides is 1. The van der Waals surface area contributed by atoms with Gasteiger partial charge in [-0.25, -0.2) is 4.98 Å². The molecule has 1 aliphatic carbocycles. The molecule has 4 aliphatic heterocycles. The minimum absolute atomic E-state index is 0. The van der Waals surface area contributed by atoms with E-state index in [2.05, 4.69) is 41.0 Å². The van der Waals surface area contributed by atoms with Crippen LogP contribution in [0.3, 0.4) is 0 Å². The van der Waals surface area contributed by atoms with E-state index in [1.807, 2.05) is 35.4 Å². The molecule has 63 heavy (non-hydrogen) atoms. The molecule has 3 fully saturated rings. The van der Waals surface area contributed by atoms with Crippen LogP contribution in [0.25, 0.3) is 0 Å². The number of nitrogens with zero attached hydrogens (tertiary/aromatic N) is 10. The SMILES string of the molecule is COc1cc2c(cn1)N(c1nn(C3CCN(CC4CCN(c5ccc(C=O)nn5)CC4)CC3)c3c1CN(C(C)=O)CC3)CCC2.N#Cc1ccc(OC2CC[CH-]CC2)cc1Cl.[CH3-].[Na+]. The van der Waals surface area contributed by atoms with Crippen molar-refractivity contribution in [1.29, 1.82) is 5.26 Å². The number of methoxy groups -OCH3 is 1. The number of piperidine rings is 2. The maximum absolute atomic E-state index is 12.4. The molecular formula is C47H59ClN10NaO4-. The van der Waals surface area contributed by atoms with Crippen LogP contribution < -0.4 is 48.8 Å². The Morgan fingerprint density at radius 1 is 0.984 bits per heavy atom. The van der Waals surface area contributed by atoms with E-state index in [-0.39, 0.29) is 49.0 Å². The summed E-state index contributed by atoms with van der Waals surface area (Å²) >= 11 is 5.94. The second-order valence-corrected chi connectivity index (χ2v) is 17.2. The molecule has 0 atom stereocenters. The van der Waals surface area contributed by atoms with E-state index < -0.39 is 0 Å². The molecule has 7 heterocycles. The molecule has 1 amide bonds. The standard InChI is InChI=1S/C33H43N9O3.C13H13ClNO.CH3.Na/c1-23(44)40-17-11-29-28(21-40)33(41-12-3-4-25-18-32(45-2)34-19-30(25)41)37-42(29)27-9-13-38(14-10-27)20-24-7-15-39(16-8-24)31-6-5-26(22-43)35-36-31;14-13-8-12(7-6-10(13)9-15)16-11-4-2-1-3-5-11;;/h5-6,18-19,22,24,27H,3-4,7-17,20-21H2,1-2H3;1,6-8,11H,2-5H2;1H3;/q;2*-1;+1. The number of rotatable bonds is 9. The molecule has 0 radical (unpaired) electrons. The van der Waals surface area contributed by atoms with Gasteiger partial charge < -0.3 is 42.9 Å². The summed E-state index contributed by atoms with van der Waals surface area (Å²) in [7, 11) is 1.66. The van der Waals surface area contributed by atoms with Crippen molar-refractivity contribution in [3.63, 3.8) is 0 Å². The van der Waals surface area contributed by atoms with Gasteiger partial charge >= 0.3 is 29.6 Å². The fourth-order valence-electron chi connectivity index (χ4n) is 9.50. The van der Waals surface area contributed by atoms with Crippen molar-refractivity contribution >= 4 is 41.1 Å². The van der Waals surface area contributed by atoms with Gasteiger partial charge in [-0.15, -0.1) is 10.2 Å². The maximum atomic E-state index is 12.4. The number of fused-ring (bicyclic) bond motifs is 2. The van der Waals surface area contributed by atoms with E-state index in [0.29, 0.717) is 40.7 Å². The predicted molar refractivity (Wildman–Crippen MR) is 240 cm³/mol. The summed E-state index contributed by atoms with van der Waals surface area (Å²) < 4.78 is 13.6. The molecule has 2 saturated heterocycles. The van der Waals surface area contributed by atoms with Crippen LogP contribution in [0, 0.1) is 31.1 Å². The number of anilines is 3. The Balaban J connectivity index is 0.000000310. The van der Waals surface area contributed by atoms with Gasteiger partial charge in [0.1, 0.15) is 17.5 Å². The third kappa shape index (κ3) is 11.5. The second-order valence-electron chi connectivity index (χ2n) is 16.8.